The molecule has 0 amide bonds. The summed E-state index contributed by atoms with van der Waals surface area (Å²) in [6.07, 6.45) is 3.75. The van der Waals surface area contributed by atoms with E-state index >= 15 is 0 Å². The first-order chi connectivity index (χ1) is 15.9. The molecule has 2 saturated heterocycles. The van der Waals surface area contributed by atoms with E-state index in [4.69, 9.17) is 20.3 Å². The molecule has 1 aromatic rings. The Morgan fingerprint density at radius 1 is 1.24 bits per heavy atom. The zero-order valence-electron chi connectivity index (χ0n) is 18.6. The van der Waals surface area contributed by atoms with Gasteiger partial charge in [0.25, 0.3) is 0 Å². The summed E-state index contributed by atoms with van der Waals surface area (Å²) in [7, 11) is 3.06. The van der Waals surface area contributed by atoms with E-state index in [-0.39, 0.29) is 59.5 Å². The van der Waals surface area contributed by atoms with Gasteiger partial charge in [0.05, 0.1) is 0 Å². The van der Waals surface area contributed by atoms with Crippen molar-refractivity contribution in [3.8, 4) is 11.5 Å². The first kappa shape index (κ1) is 26.4. The van der Waals surface area contributed by atoms with E-state index in [0.717, 1.165) is 34.4 Å². The second-order valence-electron chi connectivity index (χ2n) is 7.40. The summed E-state index contributed by atoms with van der Waals surface area (Å²) in [5.41, 5.74) is 4.29. The van der Waals surface area contributed by atoms with E-state index in [1.807, 2.05) is 13.8 Å². The van der Waals surface area contributed by atoms with Crippen molar-refractivity contribution in [2.24, 2.45) is 5.92 Å². The average Bonchev–Trinajstić information content (AvgIpc) is 3.73. The fraction of sp³-hybridized carbons (Fsp3) is 0.500. The van der Waals surface area contributed by atoms with Crippen LogP contribution < -0.4 is 46.3 Å². The van der Waals surface area contributed by atoms with E-state index < -0.39 is 33.1 Å². The van der Waals surface area contributed by atoms with E-state index in [1.54, 1.807) is 7.11 Å². The molecule has 0 saturated carbocycles. The molecule has 2 fully saturated rings. The molecule has 2 N–H and O–H groups in total. The van der Waals surface area contributed by atoms with Crippen molar-refractivity contribution in [2.75, 3.05) is 20.8 Å². The number of nitrogens with one attached hydrogen (secondary N) is 2. The number of hydrogen-bond donors (Lipinski definition) is 2. The molecule has 4 rings (SSSR count). The van der Waals surface area contributed by atoms with Crippen molar-refractivity contribution >= 4 is 45.0 Å². The molecule has 1 unspecified atom stereocenters. The van der Waals surface area contributed by atoms with Crippen LogP contribution in [0.5, 0.6) is 11.5 Å². The van der Waals surface area contributed by atoms with Crippen LogP contribution in [0.3, 0.4) is 0 Å². The third-order valence-electron chi connectivity index (χ3n) is 5.58. The van der Waals surface area contributed by atoms with Gasteiger partial charge in [0, 0.05) is 0 Å². The van der Waals surface area contributed by atoms with Crippen LogP contribution in [0.1, 0.15) is 46.8 Å². The van der Waals surface area contributed by atoms with Crippen molar-refractivity contribution in [1.82, 2.24) is 3.49 Å². The minimum absolute atomic E-state index is 0.0360. The number of carbonyl (C=O) groups is 2. The van der Waals surface area contributed by atoms with Gasteiger partial charge in [-0.25, -0.2) is 0 Å². The van der Waals surface area contributed by atoms with Crippen LogP contribution in [-0.2, 0) is 30.4 Å². The monoisotopic (exact) mass is 914 g/mol. The van der Waals surface area contributed by atoms with Crippen LogP contribution >= 0.6 is 33.1 Å². The van der Waals surface area contributed by atoms with Gasteiger partial charge in [-0.15, -0.1) is 0 Å². The Labute approximate surface area is 222 Å². The molecule has 1 aromatic carbocycles. The molecule has 0 aromatic heterocycles. The summed E-state index contributed by atoms with van der Waals surface area (Å²) in [4.78, 5) is 24.6. The molecule has 33 heavy (non-hydrogen) atoms. The van der Waals surface area contributed by atoms with E-state index in [2.05, 4.69) is 9.56 Å². The first-order valence-corrected chi connectivity index (χ1v) is 28.7. The number of ether oxygens (including phenoxy) is 3. The third kappa shape index (κ3) is 6.75. The molecule has 3 heterocycles. The van der Waals surface area contributed by atoms with Crippen LogP contribution in [0, 0.1) is 12.8 Å². The second-order valence-corrected chi connectivity index (χ2v) is 33.3. The number of allylic oxidation sites excluding steroid dienone is 2. The van der Waals surface area contributed by atoms with Gasteiger partial charge in [-0.3, -0.25) is 0 Å². The summed E-state index contributed by atoms with van der Waals surface area (Å²) < 4.78 is 35.1. The van der Waals surface area contributed by atoms with Gasteiger partial charge in [-0.05, 0) is 0 Å². The Bertz CT molecular complexity index is 966. The van der Waals surface area contributed by atoms with Gasteiger partial charge in [-0.1, -0.05) is 0 Å². The summed E-state index contributed by atoms with van der Waals surface area (Å²) >= 11 is -2.65. The van der Waals surface area contributed by atoms with Crippen LogP contribution in [0.25, 0.3) is 0 Å². The van der Waals surface area contributed by atoms with Gasteiger partial charge in [0.2, 0.25) is 0 Å². The van der Waals surface area contributed by atoms with E-state index in [1.165, 1.54) is 7.11 Å². The minimum atomic E-state index is -1.58. The molecule has 0 radical (unpaired) electrons. The Morgan fingerprint density at radius 3 is 2.61 bits per heavy atom. The molecular weight excluding hydrogens is 888 g/mol. The summed E-state index contributed by atoms with van der Waals surface area (Å²) in [6.45, 7) is 4.91. The molecule has 0 bridgehead atoms. The molecular formula is C20H26I4N2O7-2. The number of esters is 2. The molecule has 13 heteroatoms. The molecule has 188 valence electrons. The van der Waals surface area contributed by atoms with Crippen LogP contribution in [0.15, 0.2) is 11.6 Å². The van der Waals surface area contributed by atoms with Crippen molar-refractivity contribution in [2.45, 2.75) is 39.7 Å². The van der Waals surface area contributed by atoms with E-state index in [9.17, 15) is 9.59 Å². The number of methoxy groups -OCH3 is 2. The van der Waals surface area contributed by atoms with Gasteiger partial charge >= 0.3 is 225 Å². The molecule has 0 aliphatic carbocycles. The zero-order chi connectivity index (χ0) is 23.5. The normalized spacial score (nSPS) is 20.1. The number of benzene rings is 1. The van der Waals surface area contributed by atoms with E-state index in [0.29, 0.717) is 30.8 Å². The summed E-state index contributed by atoms with van der Waals surface area (Å²) in [5.74, 6) is 0.846. The molecule has 9 nitrogen and oxygen atoms in total. The maximum atomic E-state index is 12.6. The molecule has 1 atom stereocenters. The number of fused-ring (bicyclic) bond motifs is 1. The van der Waals surface area contributed by atoms with Crippen LogP contribution in [-0.4, -0.2) is 32.8 Å². The van der Waals surface area contributed by atoms with Crippen molar-refractivity contribution in [1.29, 1.82) is 0 Å². The van der Waals surface area contributed by atoms with Crippen molar-refractivity contribution < 1.29 is 64.9 Å². The predicted octanol–water partition coefficient (Wildman–Crippen LogP) is -2.16. The fourth-order valence-electron chi connectivity index (χ4n) is 3.71. The zero-order valence-corrected chi connectivity index (χ0v) is 27.2. The Balaban J connectivity index is 1.61. The van der Waals surface area contributed by atoms with Gasteiger partial charge < -0.3 is 0 Å². The SMILES string of the molecule is COC(=O)CC(CCOI1N[I-]1)/C(C)=C/Cc1c(OC)c(C)c2c(c1OI1N[I-]1)C(=O)OC2. The van der Waals surface area contributed by atoms with Crippen LogP contribution in [0.4, 0.5) is 0 Å². The van der Waals surface area contributed by atoms with Crippen LogP contribution in [0.2, 0.25) is 0 Å². The number of rotatable bonds is 12. The number of halogens is 4. The fourth-order valence-corrected chi connectivity index (χ4v) is 17.2. The van der Waals surface area contributed by atoms with Gasteiger partial charge in [0.15, 0.2) is 0 Å². The second kappa shape index (κ2) is 12.0. The van der Waals surface area contributed by atoms with Crippen molar-refractivity contribution in [3.63, 3.8) is 0 Å². The standard InChI is InChI=1S/C20H26I4N2O7/c1-11(13(9-16(27)29-3)7-8-32-23-21-25-23)5-6-14-18(30-4)12(2)15-10-31-20(28)17(15)19(14)33-24-22-26-24/h5,13,25-26H,6-10H2,1-4H3/q-2/b11-5+. The first-order valence-electron chi connectivity index (χ1n) is 10.1. The van der Waals surface area contributed by atoms with Crippen molar-refractivity contribution in [3.05, 3.63) is 33.9 Å². The summed E-state index contributed by atoms with van der Waals surface area (Å²) in [5, 5.41) is 0. The van der Waals surface area contributed by atoms with Gasteiger partial charge in [0.1, 0.15) is 0 Å². The number of carbonyl (C=O) groups excluding carboxylic acids is 2. The molecule has 3 aliphatic rings. The summed E-state index contributed by atoms with van der Waals surface area (Å²) in [6, 6.07) is 0. The number of hydrogen-bond acceptors (Lipinski definition) is 9. The quantitative estimate of drug-likeness (QED) is 0.0796. The Kier molecular flexibility index (Phi) is 9.61. The number of cyclic esters (lactones) is 1. The molecule has 0 spiro atoms. The van der Waals surface area contributed by atoms with Gasteiger partial charge in [-0.2, -0.15) is 0 Å². The topological polar surface area (TPSA) is 124 Å². The Morgan fingerprint density at radius 2 is 1.97 bits per heavy atom. The average molecular weight is 914 g/mol. The Hall–Kier alpha value is 0.300. The third-order valence-corrected chi connectivity index (χ3v) is 21.5. The maximum absolute atomic E-state index is 12.6. The molecule has 3 aliphatic heterocycles. The predicted molar refractivity (Wildman–Crippen MR) is 130 cm³/mol.